The van der Waals surface area contributed by atoms with Crippen LogP contribution >= 0.6 is 11.6 Å². The molecule has 1 aromatic carbocycles. The second-order valence-electron chi connectivity index (χ2n) is 8.26. The molecule has 4 aromatic rings. The van der Waals surface area contributed by atoms with Gasteiger partial charge in [-0.25, -0.2) is 9.37 Å². The number of aromatic nitrogens is 2. The summed E-state index contributed by atoms with van der Waals surface area (Å²) in [4.78, 5) is 41.0. The lowest BCUT2D eigenvalue weighted by Gasteiger charge is -2.20. The average Bonchev–Trinajstić information content (AvgIpc) is 2.88. The van der Waals surface area contributed by atoms with Crippen molar-refractivity contribution in [2.75, 3.05) is 12.4 Å². The van der Waals surface area contributed by atoms with Crippen LogP contribution in [0.15, 0.2) is 56.9 Å². The zero-order valence-corrected chi connectivity index (χ0v) is 21.2. The lowest BCUT2D eigenvalue weighted by atomic mass is 9.99. The third-order valence-corrected chi connectivity index (χ3v) is 5.97. The van der Waals surface area contributed by atoms with Crippen molar-refractivity contribution in [1.29, 1.82) is 0 Å². The van der Waals surface area contributed by atoms with Crippen LogP contribution in [0.2, 0.25) is 5.15 Å². The number of nitrogens with zero attached hydrogens (tertiary/aromatic N) is 3. The van der Waals surface area contributed by atoms with Gasteiger partial charge in [0.15, 0.2) is 11.3 Å². The SMILES string of the molecule is CN=C(NOC=O)c1nc(Cl)ccc1NC(C)c1cc(C)cc2c(=O)c(C)c(-c3cnccc3F)oc12. The zero-order chi connectivity index (χ0) is 26.7. The summed E-state index contributed by atoms with van der Waals surface area (Å²) in [7, 11) is 1.50. The number of carbonyl (C=O) groups is 1. The number of amidine groups is 1. The molecule has 0 aliphatic carbocycles. The van der Waals surface area contributed by atoms with Crippen molar-refractivity contribution in [3.63, 3.8) is 0 Å². The zero-order valence-electron chi connectivity index (χ0n) is 20.4. The van der Waals surface area contributed by atoms with Gasteiger partial charge >= 0.3 is 6.47 Å². The van der Waals surface area contributed by atoms with E-state index in [1.54, 1.807) is 25.1 Å². The fourth-order valence-corrected chi connectivity index (χ4v) is 4.16. The smallest absolute Gasteiger partial charge is 0.320 e. The minimum Gasteiger partial charge on any atom is -0.455 e. The molecule has 0 bridgehead atoms. The Morgan fingerprint density at radius 3 is 2.76 bits per heavy atom. The van der Waals surface area contributed by atoms with Gasteiger partial charge < -0.3 is 14.6 Å². The van der Waals surface area contributed by atoms with Crippen molar-refractivity contribution >= 4 is 40.6 Å². The fraction of sp³-hybridized carbons (Fsp3) is 0.192. The van der Waals surface area contributed by atoms with Gasteiger partial charge in [0.25, 0.3) is 0 Å². The Hall–Kier alpha value is -4.31. The van der Waals surface area contributed by atoms with Crippen LogP contribution in [0.25, 0.3) is 22.3 Å². The van der Waals surface area contributed by atoms with Crippen LogP contribution in [0.3, 0.4) is 0 Å². The first kappa shape index (κ1) is 25.8. The highest BCUT2D eigenvalue weighted by Crippen LogP contribution is 2.33. The Labute approximate surface area is 216 Å². The minimum atomic E-state index is -0.547. The van der Waals surface area contributed by atoms with E-state index in [9.17, 15) is 14.0 Å². The van der Waals surface area contributed by atoms with Crippen LogP contribution < -0.4 is 16.2 Å². The Kier molecular flexibility index (Phi) is 7.49. The molecule has 1 unspecified atom stereocenters. The van der Waals surface area contributed by atoms with Gasteiger partial charge in [-0.3, -0.25) is 19.6 Å². The highest BCUT2D eigenvalue weighted by atomic mass is 35.5. The molecule has 3 aromatic heterocycles. The summed E-state index contributed by atoms with van der Waals surface area (Å²) < 4.78 is 20.8. The van der Waals surface area contributed by atoms with E-state index >= 15 is 0 Å². The van der Waals surface area contributed by atoms with Crippen LogP contribution in [-0.2, 0) is 9.63 Å². The largest absolute Gasteiger partial charge is 0.455 e. The normalized spacial score (nSPS) is 12.3. The van der Waals surface area contributed by atoms with Crippen molar-refractivity contribution in [3.05, 3.63) is 86.3 Å². The van der Waals surface area contributed by atoms with Crippen LogP contribution in [0.4, 0.5) is 10.1 Å². The molecule has 2 N–H and O–H groups in total. The number of hydrogen-bond donors (Lipinski definition) is 2. The van der Waals surface area contributed by atoms with Gasteiger partial charge in [0, 0.05) is 30.6 Å². The van der Waals surface area contributed by atoms with Crippen molar-refractivity contribution in [2.24, 2.45) is 4.99 Å². The number of rotatable bonds is 7. The minimum absolute atomic E-state index is 0.0976. The van der Waals surface area contributed by atoms with Gasteiger partial charge in [0.1, 0.15) is 28.0 Å². The molecule has 0 aliphatic heterocycles. The van der Waals surface area contributed by atoms with Crippen LogP contribution in [0, 0.1) is 19.7 Å². The quantitative estimate of drug-likeness (QED) is 0.116. The highest BCUT2D eigenvalue weighted by molar-refractivity contribution is 6.29. The number of aryl methyl sites for hydroxylation is 1. The Balaban J connectivity index is 1.85. The Bertz CT molecular complexity index is 1590. The monoisotopic (exact) mass is 523 g/mol. The molecule has 0 saturated carbocycles. The first-order valence-electron chi connectivity index (χ1n) is 11.2. The second kappa shape index (κ2) is 10.8. The van der Waals surface area contributed by atoms with Crippen LogP contribution in [-0.4, -0.2) is 29.3 Å². The number of fused-ring (bicyclic) bond motifs is 1. The molecule has 0 amide bonds. The first-order chi connectivity index (χ1) is 17.7. The van der Waals surface area contributed by atoms with E-state index in [2.05, 4.69) is 30.6 Å². The fourth-order valence-electron chi connectivity index (χ4n) is 4.01. The van der Waals surface area contributed by atoms with Crippen molar-refractivity contribution in [1.82, 2.24) is 15.4 Å². The number of hydrogen-bond acceptors (Lipinski definition) is 8. The first-order valence-corrected chi connectivity index (χ1v) is 11.6. The number of aliphatic imine (C=N–C) groups is 1. The van der Waals surface area contributed by atoms with E-state index in [0.29, 0.717) is 27.9 Å². The maximum Gasteiger partial charge on any atom is 0.320 e. The molecular formula is C26H23ClFN5O4. The topological polar surface area (TPSA) is 119 Å². The average molecular weight is 524 g/mol. The van der Waals surface area contributed by atoms with E-state index in [1.165, 1.54) is 25.5 Å². The lowest BCUT2D eigenvalue weighted by Crippen LogP contribution is -2.27. The summed E-state index contributed by atoms with van der Waals surface area (Å²) in [6.45, 7) is 5.56. The summed E-state index contributed by atoms with van der Waals surface area (Å²) in [6, 6.07) is 7.70. The number of nitrogens with one attached hydrogen (secondary N) is 2. The number of halogens is 2. The summed E-state index contributed by atoms with van der Waals surface area (Å²) in [5, 5.41) is 3.91. The number of anilines is 1. The molecule has 4 rings (SSSR count). The molecule has 0 saturated heterocycles. The third kappa shape index (κ3) is 5.14. The highest BCUT2D eigenvalue weighted by Gasteiger charge is 2.22. The van der Waals surface area contributed by atoms with Gasteiger partial charge in [-0.2, -0.15) is 5.48 Å². The molecule has 9 nitrogen and oxygen atoms in total. The molecular weight excluding hydrogens is 501 g/mol. The molecule has 3 heterocycles. The summed E-state index contributed by atoms with van der Waals surface area (Å²) in [6.07, 6.45) is 2.66. The van der Waals surface area contributed by atoms with Crippen LogP contribution in [0.5, 0.6) is 0 Å². The van der Waals surface area contributed by atoms with E-state index < -0.39 is 11.9 Å². The summed E-state index contributed by atoms with van der Waals surface area (Å²) in [5.74, 6) is -0.270. The van der Waals surface area contributed by atoms with Gasteiger partial charge in [-0.05, 0) is 50.6 Å². The molecule has 37 heavy (non-hydrogen) atoms. The molecule has 0 radical (unpaired) electrons. The van der Waals surface area contributed by atoms with E-state index in [-0.39, 0.29) is 39.8 Å². The van der Waals surface area contributed by atoms with Gasteiger partial charge in [-0.15, -0.1) is 0 Å². The predicted octanol–water partition coefficient (Wildman–Crippen LogP) is 4.89. The number of benzene rings is 1. The summed E-state index contributed by atoms with van der Waals surface area (Å²) >= 11 is 6.11. The molecule has 0 fully saturated rings. The Morgan fingerprint density at radius 1 is 1.27 bits per heavy atom. The van der Waals surface area contributed by atoms with Crippen molar-refractivity contribution in [2.45, 2.75) is 26.8 Å². The molecule has 0 aliphatic rings. The maximum atomic E-state index is 14.6. The predicted molar refractivity (Wildman–Crippen MR) is 139 cm³/mol. The lowest BCUT2D eigenvalue weighted by molar-refractivity contribution is -0.132. The van der Waals surface area contributed by atoms with Crippen LogP contribution in [0.1, 0.15) is 35.3 Å². The van der Waals surface area contributed by atoms with Gasteiger partial charge in [0.05, 0.1) is 22.7 Å². The van der Waals surface area contributed by atoms with E-state index in [4.69, 9.17) is 16.0 Å². The maximum absolute atomic E-state index is 14.6. The number of pyridine rings is 2. The molecule has 0 spiro atoms. The van der Waals surface area contributed by atoms with Crippen molar-refractivity contribution in [3.8, 4) is 11.3 Å². The summed E-state index contributed by atoms with van der Waals surface area (Å²) in [5.41, 5.74) is 5.17. The standard InChI is InChI=1S/C26H23ClFN5O4/c1-13-9-16(15(3)31-20-5-6-21(27)32-22(20)26(29-4)33-36-12-34)25-17(10-13)23(35)14(2)24(37-25)18-11-30-8-7-19(18)28/h5-12,15,31H,1-4H3,(H,29,33). The molecule has 190 valence electrons. The molecule has 11 heteroatoms. The van der Waals surface area contributed by atoms with E-state index in [1.807, 2.05) is 19.9 Å². The van der Waals surface area contributed by atoms with E-state index in [0.717, 1.165) is 5.56 Å². The number of hydroxylamine groups is 1. The molecule has 1 atom stereocenters. The van der Waals surface area contributed by atoms with Gasteiger partial charge in [-0.1, -0.05) is 17.7 Å². The second-order valence-corrected chi connectivity index (χ2v) is 8.64. The van der Waals surface area contributed by atoms with Gasteiger partial charge in [0.2, 0.25) is 0 Å². The number of carbonyl (C=O) groups excluding carboxylic acids is 1. The Morgan fingerprint density at radius 2 is 2.05 bits per heavy atom. The van der Waals surface area contributed by atoms with Crippen molar-refractivity contribution < 1.29 is 18.4 Å². The third-order valence-electron chi connectivity index (χ3n) is 5.76.